The Morgan fingerprint density at radius 3 is 3.11 bits per heavy atom. The number of likely N-dealkylation sites (tertiary alicyclic amines) is 1. The molecule has 1 N–H and O–H groups in total. The van der Waals surface area contributed by atoms with Crippen LogP contribution in [0.3, 0.4) is 0 Å². The molecular formula is C12H14ClN3O2S. The van der Waals surface area contributed by atoms with Crippen molar-refractivity contribution in [2.45, 2.75) is 25.5 Å². The van der Waals surface area contributed by atoms with Gasteiger partial charge in [0, 0.05) is 24.5 Å². The van der Waals surface area contributed by atoms with Crippen LogP contribution in [0.5, 0.6) is 0 Å². The SMILES string of the molecule is Cc1noc([C@@]2(O)CCN(Cc3sccc3Cl)C2)n1. The zero-order valence-corrected chi connectivity index (χ0v) is 12.0. The largest absolute Gasteiger partial charge is 0.379 e. The minimum atomic E-state index is -1.04. The number of hydrogen-bond donors (Lipinski definition) is 1. The molecule has 0 bridgehead atoms. The summed E-state index contributed by atoms with van der Waals surface area (Å²) in [6.07, 6.45) is 0.595. The normalized spacial score (nSPS) is 24.2. The lowest BCUT2D eigenvalue weighted by Crippen LogP contribution is -2.30. The number of thiophene rings is 1. The van der Waals surface area contributed by atoms with Crippen molar-refractivity contribution >= 4 is 22.9 Å². The molecule has 0 spiro atoms. The molecule has 2 aromatic heterocycles. The maximum Gasteiger partial charge on any atom is 0.259 e. The number of halogens is 1. The Hall–Kier alpha value is -0.950. The number of nitrogens with zero attached hydrogens (tertiary/aromatic N) is 3. The molecule has 19 heavy (non-hydrogen) atoms. The Kier molecular flexibility index (Phi) is 3.34. The van der Waals surface area contributed by atoms with Gasteiger partial charge in [-0.25, -0.2) is 0 Å². The predicted molar refractivity (Wildman–Crippen MR) is 72.2 cm³/mol. The van der Waals surface area contributed by atoms with Crippen LogP contribution in [0.1, 0.15) is 23.0 Å². The van der Waals surface area contributed by atoms with Gasteiger partial charge in [0.25, 0.3) is 5.89 Å². The summed E-state index contributed by atoms with van der Waals surface area (Å²) in [5, 5.41) is 17.1. The topological polar surface area (TPSA) is 62.4 Å². The number of rotatable bonds is 3. The fraction of sp³-hybridized carbons (Fsp3) is 0.500. The van der Waals surface area contributed by atoms with Crippen molar-refractivity contribution in [3.8, 4) is 0 Å². The fourth-order valence-electron chi connectivity index (χ4n) is 2.31. The van der Waals surface area contributed by atoms with Crippen molar-refractivity contribution in [1.82, 2.24) is 15.0 Å². The molecule has 0 saturated carbocycles. The number of aliphatic hydroxyl groups is 1. The van der Waals surface area contributed by atoms with Crippen molar-refractivity contribution in [2.75, 3.05) is 13.1 Å². The van der Waals surface area contributed by atoms with Gasteiger partial charge in [0.05, 0.1) is 5.02 Å². The lowest BCUT2D eigenvalue weighted by Gasteiger charge is -2.19. The van der Waals surface area contributed by atoms with Crippen LogP contribution in [-0.4, -0.2) is 33.2 Å². The molecule has 7 heteroatoms. The summed E-state index contributed by atoms with van der Waals surface area (Å²) in [6, 6.07) is 1.89. The lowest BCUT2D eigenvalue weighted by molar-refractivity contribution is 0.0132. The highest BCUT2D eigenvalue weighted by Crippen LogP contribution is 2.33. The molecule has 0 aromatic carbocycles. The molecular weight excluding hydrogens is 286 g/mol. The molecule has 1 atom stereocenters. The molecule has 2 aromatic rings. The fourth-order valence-corrected chi connectivity index (χ4v) is 3.44. The summed E-state index contributed by atoms with van der Waals surface area (Å²) < 4.78 is 5.10. The third kappa shape index (κ3) is 2.53. The molecule has 3 heterocycles. The third-order valence-corrected chi connectivity index (χ3v) is 4.68. The van der Waals surface area contributed by atoms with Gasteiger partial charge in [0.2, 0.25) is 0 Å². The molecule has 1 aliphatic heterocycles. The number of β-amino-alcohol motifs (C(OH)–C–C–N with tert-alkyl or cyclic N) is 1. The Bertz CT molecular complexity index is 585. The van der Waals surface area contributed by atoms with Crippen LogP contribution in [0.2, 0.25) is 5.02 Å². The van der Waals surface area contributed by atoms with E-state index in [4.69, 9.17) is 16.1 Å². The van der Waals surface area contributed by atoms with Crippen LogP contribution in [0.15, 0.2) is 16.0 Å². The standard InChI is InChI=1S/C12H14ClN3O2S/c1-8-14-11(18-15-8)12(17)3-4-16(7-12)6-10-9(13)2-5-19-10/h2,5,17H,3-4,6-7H2,1H3/t12-/m1/s1. The average molecular weight is 300 g/mol. The van der Waals surface area contributed by atoms with Crippen molar-refractivity contribution in [3.05, 3.63) is 33.1 Å². The van der Waals surface area contributed by atoms with Crippen molar-refractivity contribution in [3.63, 3.8) is 0 Å². The first-order valence-corrected chi connectivity index (χ1v) is 7.30. The first kappa shape index (κ1) is 13.1. The zero-order valence-electron chi connectivity index (χ0n) is 10.5. The molecule has 1 saturated heterocycles. The molecule has 1 aliphatic rings. The molecule has 1 fully saturated rings. The Morgan fingerprint density at radius 2 is 2.47 bits per heavy atom. The van der Waals surface area contributed by atoms with Crippen LogP contribution in [0.4, 0.5) is 0 Å². The maximum absolute atomic E-state index is 10.6. The number of hydrogen-bond acceptors (Lipinski definition) is 6. The van der Waals surface area contributed by atoms with Gasteiger partial charge in [-0.2, -0.15) is 4.98 Å². The number of aryl methyl sites for hydroxylation is 1. The summed E-state index contributed by atoms with van der Waals surface area (Å²) in [7, 11) is 0. The van der Waals surface area contributed by atoms with Crippen LogP contribution >= 0.6 is 22.9 Å². The van der Waals surface area contributed by atoms with Gasteiger partial charge in [-0.1, -0.05) is 16.8 Å². The summed E-state index contributed by atoms with van der Waals surface area (Å²) in [5.41, 5.74) is -1.04. The first-order chi connectivity index (χ1) is 9.07. The van der Waals surface area contributed by atoms with Crippen molar-refractivity contribution in [1.29, 1.82) is 0 Å². The Labute approximate surface area is 119 Å². The van der Waals surface area contributed by atoms with Gasteiger partial charge in [-0.15, -0.1) is 11.3 Å². The van der Waals surface area contributed by atoms with Crippen LogP contribution in [0, 0.1) is 6.92 Å². The molecule has 0 amide bonds. The summed E-state index contributed by atoms with van der Waals surface area (Å²) in [5.74, 6) is 0.855. The van der Waals surface area contributed by atoms with Gasteiger partial charge in [0.15, 0.2) is 11.4 Å². The molecule has 0 aliphatic carbocycles. The van der Waals surface area contributed by atoms with E-state index >= 15 is 0 Å². The van der Waals surface area contributed by atoms with E-state index in [1.165, 1.54) is 0 Å². The Balaban J connectivity index is 1.71. The highest BCUT2D eigenvalue weighted by atomic mass is 35.5. The van der Waals surface area contributed by atoms with E-state index in [0.717, 1.165) is 23.0 Å². The predicted octanol–water partition coefficient (Wildman–Crippen LogP) is 2.19. The van der Waals surface area contributed by atoms with Crippen LogP contribution in [0.25, 0.3) is 0 Å². The minimum Gasteiger partial charge on any atom is -0.379 e. The van der Waals surface area contributed by atoms with E-state index in [1.54, 1.807) is 18.3 Å². The van der Waals surface area contributed by atoms with Gasteiger partial charge >= 0.3 is 0 Å². The molecule has 0 unspecified atom stereocenters. The zero-order chi connectivity index (χ0) is 13.5. The minimum absolute atomic E-state index is 0.310. The van der Waals surface area contributed by atoms with E-state index in [1.807, 2.05) is 11.4 Å². The second-order valence-corrected chi connectivity index (χ2v) is 6.24. The van der Waals surface area contributed by atoms with E-state index in [0.29, 0.717) is 24.7 Å². The number of aromatic nitrogens is 2. The van der Waals surface area contributed by atoms with Gasteiger partial charge in [0.1, 0.15) is 0 Å². The lowest BCUT2D eigenvalue weighted by atomic mass is 10.0. The average Bonchev–Trinajstić information content (AvgIpc) is 3.04. The maximum atomic E-state index is 10.6. The van der Waals surface area contributed by atoms with Gasteiger partial charge < -0.3 is 9.63 Å². The molecule has 102 valence electrons. The highest BCUT2D eigenvalue weighted by molar-refractivity contribution is 7.10. The second kappa shape index (κ2) is 4.86. The Morgan fingerprint density at radius 1 is 1.63 bits per heavy atom. The first-order valence-electron chi connectivity index (χ1n) is 6.04. The summed E-state index contributed by atoms with van der Waals surface area (Å²) in [4.78, 5) is 7.40. The third-order valence-electron chi connectivity index (χ3n) is 3.31. The quantitative estimate of drug-likeness (QED) is 0.941. The molecule has 3 rings (SSSR count). The second-order valence-electron chi connectivity index (χ2n) is 4.83. The van der Waals surface area contributed by atoms with Gasteiger partial charge in [-0.05, 0) is 24.8 Å². The van der Waals surface area contributed by atoms with Crippen LogP contribution < -0.4 is 0 Å². The van der Waals surface area contributed by atoms with E-state index in [2.05, 4.69) is 15.0 Å². The van der Waals surface area contributed by atoms with E-state index in [9.17, 15) is 5.11 Å². The molecule has 5 nitrogen and oxygen atoms in total. The van der Waals surface area contributed by atoms with Crippen LogP contribution in [-0.2, 0) is 12.1 Å². The monoisotopic (exact) mass is 299 g/mol. The summed E-state index contributed by atoms with van der Waals surface area (Å²) in [6.45, 7) is 3.76. The van der Waals surface area contributed by atoms with Crippen molar-refractivity contribution < 1.29 is 9.63 Å². The van der Waals surface area contributed by atoms with Gasteiger partial charge in [-0.3, -0.25) is 4.90 Å². The molecule has 0 radical (unpaired) electrons. The summed E-state index contributed by atoms with van der Waals surface area (Å²) >= 11 is 7.72. The van der Waals surface area contributed by atoms with Crippen molar-refractivity contribution in [2.24, 2.45) is 0 Å². The smallest absolute Gasteiger partial charge is 0.259 e. The highest BCUT2D eigenvalue weighted by Gasteiger charge is 2.42. The van der Waals surface area contributed by atoms with E-state index in [-0.39, 0.29) is 0 Å². The van der Waals surface area contributed by atoms with E-state index < -0.39 is 5.60 Å².